The third-order valence-electron chi connectivity index (χ3n) is 3.34. The molecule has 0 fully saturated rings. The monoisotopic (exact) mass is 276 g/mol. The molecule has 0 spiro atoms. The highest BCUT2D eigenvalue weighted by Gasteiger charge is 2.18. The summed E-state index contributed by atoms with van der Waals surface area (Å²) in [5.41, 5.74) is 2.09. The van der Waals surface area contributed by atoms with Crippen LogP contribution in [-0.4, -0.2) is 26.6 Å². The van der Waals surface area contributed by atoms with Gasteiger partial charge in [0.25, 0.3) is 5.56 Å². The number of hydrogen-bond donors (Lipinski definition) is 3. The van der Waals surface area contributed by atoms with Crippen molar-refractivity contribution < 1.29 is 10.2 Å². The maximum atomic E-state index is 12.1. The summed E-state index contributed by atoms with van der Waals surface area (Å²) in [5.74, 6) is 0.345. The summed E-state index contributed by atoms with van der Waals surface area (Å²) in [6.07, 6.45) is 0.383. The van der Waals surface area contributed by atoms with Crippen molar-refractivity contribution in [2.75, 3.05) is 6.61 Å². The van der Waals surface area contributed by atoms with Crippen LogP contribution in [0.3, 0.4) is 0 Å². The molecule has 0 atom stereocenters. The highest BCUT2D eigenvalue weighted by atomic mass is 16.3. The Morgan fingerprint density at radius 2 is 2.00 bits per heavy atom. The lowest BCUT2D eigenvalue weighted by Gasteiger charge is -2.12. The molecule has 0 aliphatic heterocycles. The zero-order chi connectivity index (χ0) is 14.7. The van der Waals surface area contributed by atoms with Gasteiger partial charge in [0.15, 0.2) is 0 Å². The molecule has 0 saturated carbocycles. The molecule has 20 heavy (non-hydrogen) atoms. The molecule has 0 bridgehead atoms. The second-order valence-corrected chi connectivity index (χ2v) is 5.14. The number of nitrogens with one attached hydrogen (secondary N) is 1. The molecule has 1 aromatic heterocycles. The van der Waals surface area contributed by atoms with E-state index in [0.29, 0.717) is 18.5 Å². The van der Waals surface area contributed by atoms with Crippen LogP contribution in [0.15, 0.2) is 29.1 Å². The minimum Gasteiger partial charge on any atom is -0.508 e. The van der Waals surface area contributed by atoms with Crippen LogP contribution in [-0.2, 0) is 13.0 Å². The number of para-hydroxylation sites is 1. The number of rotatable bonds is 5. The van der Waals surface area contributed by atoms with E-state index in [-0.39, 0.29) is 23.8 Å². The van der Waals surface area contributed by atoms with E-state index in [4.69, 9.17) is 5.11 Å². The van der Waals surface area contributed by atoms with Crippen LogP contribution in [0.5, 0.6) is 5.75 Å². The molecule has 1 aromatic carbocycles. The van der Waals surface area contributed by atoms with Crippen LogP contribution in [0.1, 0.15) is 36.6 Å². The number of nitrogens with zero attached hydrogens (tertiary/aromatic N) is 1. The van der Waals surface area contributed by atoms with Gasteiger partial charge in [-0.15, -0.1) is 0 Å². The first-order valence-electron chi connectivity index (χ1n) is 6.74. The third kappa shape index (κ3) is 2.77. The van der Waals surface area contributed by atoms with Crippen molar-refractivity contribution in [1.29, 1.82) is 0 Å². The van der Waals surface area contributed by atoms with E-state index in [2.05, 4.69) is 5.10 Å². The summed E-state index contributed by atoms with van der Waals surface area (Å²) in [5, 5.41) is 21.7. The molecule has 108 valence electrons. The minimum atomic E-state index is -0.162. The Morgan fingerprint density at radius 1 is 1.30 bits per heavy atom. The fraction of sp³-hybridized carbons (Fsp3) is 0.400. The number of benzene rings is 1. The van der Waals surface area contributed by atoms with Crippen LogP contribution in [0.2, 0.25) is 0 Å². The average molecular weight is 276 g/mol. The number of H-pyrrole nitrogens is 1. The quantitative estimate of drug-likeness (QED) is 0.776. The van der Waals surface area contributed by atoms with Gasteiger partial charge in [0.2, 0.25) is 0 Å². The van der Waals surface area contributed by atoms with E-state index in [1.807, 2.05) is 26.0 Å². The molecule has 0 aliphatic rings. The molecule has 0 unspecified atom stereocenters. The summed E-state index contributed by atoms with van der Waals surface area (Å²) in [7, 11) is 0. The van der Waals surface area contributed by atoms with Crippen LogP contribution < -0.4 is 5.56 Å². The molecular weight excluding hydrogens is 256 g/mol. The molecule has 1 heterocycles. The normalized spacial score (nSPS) is 11.2. The number of aliphatic hydroxyl groups excluding tert-OH is 1. The fourth-order valence-corrected chi connectivity index (χ4v) is 2.49. The number of aromatic hydroxyl groups is 1. The number of phenolic OH excluding ortho intramolecular Hbond substituents is 1. The van der Waals surface area contributed by atoms with E-state index in [0.717, 1.165) is 11.3 Å². The predicted octanol–water partition coefficient (Wildman–Crippen LogP) is 1.59. The molecule has 0 aliphatic carbocycles. The highest BCUT2D eigenvalue weighted by Crippen LogP contribution is 2.23. The summed E-state index contributed by atoms with van der Waals surface area (Å²) < 4.78 is 1.70. The van der Waals surface area contributed by atoms with Gasteiger partial charge in [-0.2, -0.15) is 0 Å². The maximum absolute atomic E-state index is 12.1. The smallest absolute Gasteiger partial charge is 0.267 e. The Labute approximate surface area is 117 Å². The first-order chi connectivity index (χ1) is 9.54. The van der Waals surface area contributed by atoms with Gasteiger partial charge in [-0.3, -0.25) is 14.6 Å². The van der Waals surface area contributed by atoms with Crippen molar-refractivity contribution >= 4 is 0 Å². The molecule has 3 N–H and O–H groups in total. The maximum Gasteiger partial charge on any atom is 0.267 e. The summed E-state index contributed by atoms with van der Waals surface area (Å²) >= 11 is 0. The van der Waals surface area contributed by atoms with E-state index < -0.39 is 0 Å². The van der Waals surface area contributed by atoms with Gasteiger partial charge in [-0.05, 0) is 17.5 Å². The van der Waals surface area contributed by atoms with E-state index >= 15 is 0 Å². The van der Waals surface area contributed by atoms with E-state index in [1.165, 1.54) is 0 Å². The van der Waals surface area contributed by atoms with Gasteiger partial charge in [0.05, 0.1) is 13.2 Å². The summed E-state index contributed by atoms with van der Waals surface area (Å²) in [4.78, 5) is 12.1. The molecule has 5 nitrogen and oxygen atoms in total. The SMILES string of the molecule is CC(C)c1c(Cc2ccccc2O)c(=O)[nH]n1CCO. The third-order valence-corrected chi connectivity index (χ3v) is 3.34. The summed E-state index contributed by atoms with van der Waals surface area (Å²) in [6.45, 7) is 4.35. The van der Waals surface area contributed by atoms with Gasteiger partial charge in [0, 0.05) is 17.7 Å². The Kier molecular flexibility index (Phi) is 4.29. The van der Waals surface area contributed by atoms with Gasteiger partial charge in [0.1, 0.15) is 5.75 Å². The molecule has 0 saturated heterocycles. The molecule has 0 radical (unpaired) electrons. The summed E-state index contributed by atoms with van der Waals surface area (Å²) in [6, 6.07) is 7.01. The van der Waals surface area contributed by atoms with E-state index in [1.54, 1.807) is 16.8 Å². The Hall–Kier alpha value is -2.01. The fourth-order valence-electron chi connectivity index (χ4n) is 2.49. The van der Waals surface area contributed by atoms with Crippen LogP contribution in [0, 0.1) is 0 Å². The number of phenols is 1. The van der Waals surface area contributed by atoms with Crippen molar-refractivity contribution in [2.45, 2.75) is 32.7 Å². The highest BCUT2D eigenvalue weighted by molar-refractivity contribution is 5.37. The largest absolute Gasteiger partial charge is 0.508 e. The van der Waals surface area contributed by atoms with Crippen molar-refractivity contribution in [3.05, 3.63) is 51.4 Å². The zero-order valence-electron chi connectivity index (χ0n) is 11.8. The lowest BCUT2D eigenvalue weighted by molar-refractivity contribution is 0.266. The second kappa shape index (κ2) is 5.96. The van der Waals surface area contributed by atoms with Crippen LogP contribution >= 0.6 is 0 Å². The Morgan fingerprint density at radius 3 is 2.60 bits per heavy atom. The van der Waals surface area contributed by atoms with Crippen molar-refractivity contribution in [3.63, 3.8) is 0 Å². The second-order valence-electron chi connectivity index (χ2n) is 5.14. The van der Waals surface area contributed by atoms with Gasteiger partial charge in [-0.1, -0.05) is 32.0 Å². The molecule has 0 amide bonds. The van der Waals surface area contributed by atoms with Gasteiger partial charge in [-0.25, -0.2) is 0 Å². The lowest BCUT2D eigenvalue weighted by atomic mass is 9.99. The van der Waals surface area contributed by atoms with Crippen molar-refractivity contribution in [3.8, 4) is 5.75 Å². The van der Waals surface area contributed by atoms with E-state index in [9.17, 15) is 9.90 Å². The van der Waals surface area contributed by atoms with Crippen molar-refractivity contribution in [1.82, 2.24) is 9.78 Å². The number of aromatic nitrogens is 2. The standard InChI is InChI=1S/C15H20N2O3/c1-10(2)14-12(15(20)16-17(14)7-8-18)9-11-5-3-4-6-13(11)19/h3-6,10,18-19H,7-9H2,1-2H3,(H,16,20). The molecule has 2 rings (SSSR count). The Bertz CT molecular complexity index is 641. The predicted molar refractivity (Wildman–Crippen MR) is 77.1 cm³/mol. The topological polar surface area (TPSA) is 78.2 Å². The molecule has 5 heteroatoms. The van der Waals surface area contributed by atoms with Crippen molar-refractivity contribution in [2.24, 2.45) is 0 Å². The molecule has 2 aromatic rings. The minimum absolute atomic E-state index is 0.0274. The van der Waals surface area contributed by atoms with Gasteiger partial charge >= 0.3 is 0 Å². The van der Waals surface area contributed by atoms with Crippen LogP contribution in [0.4, 0.5) is 0 Å². The first-order valence-corrected chi connectivity index (χ1v) is 6.74. The van der Waals surface area contributed by atoms with Crippen LogP contribution in [0.25, 0.3) is 0 Å². The number of hydrogen-bond acceptors (Lipinski definition) is 3. The first kappa shape index (κ1) is 14.4. The number of aliphatic hydroxyl groups is 1. The number of aromatic amines is 1. The average Bonchev–Trinajstić information content (AvgIpc) is 2.69. The van der Waals surface area contributed by atoms with Gasteiger partial charge < -0.3 is 10.2 Å². The lowest BCUT2D eigenvalue weighted by Crippen LogP contribution is -2.11. The zero-order valence-corrected chi connectivity index (χ0v) is 11.8. The molecular formula is C15H20N2O3. The Balaban J connectivity index is 2.46.